The van der Waals surface area contributed by atoms with E-state index in [2.05, 4.69) is 10.8 Å². The van der Waals surface area contributed by atoms with Gasteiger partial charge >= 0.3 is 17.9 Å². The van der Waals surface area contributed by atoms with Gasteiger partial charge in [0.15, 0.2) is 12.3 Å². The lowest BCUT2D eigenvalue weighted by molar-refractivity contribution is -0.141. The summed E-state index contributed by atoms with van der Waals surface area (Å²) >= 11 is 13.0. The molecule has 3 aliphatic rings. The highest BCUT2D eigenvalue weighted by atomic mass is 35.5. The molecule has 2 fully saturated rings. The average molecular weight is 1040 g/mol. The molecule has 0 radical (unpaired) electrons. The fraction of sp³-hybridized carbons (Fsp3) is 0.438. The first kappa shape index (κ1) is 53.4. The van der Waals surface area contributed by atoms with Crippen molar-refractivity contribution in [3.8, 4) is 39.6 Å². The van der Waals surface area contributed by atoms with E-state index in [0.29, 0.717) is 80.6 Å². The number of benzene rings is 3. The van der Waals surface area contributed by atoms with Gasteiger partial charge in [-0.1, -0.05) is 35.3 Å². The number of aromatic nitrogens is 2. The summed E-state index contributed by atoms with van der Waals surface area (Å²) < 4.78 is 19.5. The van der Waals surface area contributed by atoms with Crippen molar-refractivity contribution in [1.29, 1.82) is 0 Å². The molecule has 0 saturated carbocycles. The highest BCUT2D eigenvalue weighted by Crippen LogP contribution is 2.47. The maximum atomic E-state index is 14.4. The monoisotopic (exact) mass is 1040 g/mol. The first-order valence-corrected chi connectivity index (χ1v) is 23.8. The molecule has 0 atom stereocenters. The lowest BCUT2D eigenvalue weighted by Crippen LogP contribution is -2.55. The van der Waals surface area contributed by atoms with E-state index in [1.807, 2.05) is 26.0 Å². The number of carboxylic acids is 3. The van der Waals surface area contributed by atoms with Gasteiger partial charge < -0.3 is 39.7 Å². The number of aliphatic carboxylic acids is 3. The van der Waals surface area contributed by atoms with E-state index >= 15 is 0 Å². The average Bonchev–Trinajstić information content (AvgIpc) is 3.71. The predicted molar refractivity (Wildman–Crippen MR) is 263 cm³/mol. The van der Waals surface area contributed by atoms with Crippen LogP contribution in [-0.4, -0.2) is 203 Å². The number of halogens is 2. The summed E-state index contributed by atoms with van der Waals surface area (Å²) in [6, 6.07) is 15.6. The van der Waals surface area contributed by atoms with Crippen LogP contribution >= 0.6 is 23.2 Å². The van der Waals surface area contributed by atoms with Crippen LogP contribution in [0.3, 0.4) is 0 Å². The molecule has 72 heavy (non-hydrogen) atoms. The van der Waals surface area contributed by atoms with Crippen molar-refractivity contribution >= 4 is 64.5 Å². The van der Waals surface area contributed by atoms with Crippen molar-refractivity contribution in [2.75, 3.05) is 117 Å². The molecule has 3 aliphatic heterocycles. The Balaban J connectivity index is 1.05. The molecular weight excluding hydrogens is 981 g/mol. The van der Waals surface area contributed by atoms with Crippen LogP contribution in [0.15, 0.2) is 54.6 Å². The third-order valence-corrected chi connectivity index (χ3v) is 12.8. The number of carbonyl (C=O) groups excluding carboxylic acids is 3. The number of carboxylic acid groups (broad SMARTS) is 3. The molecule has 2 saturated heterocycles. The zero-order valence-corrected chi connectivity index (χ0v) is 41.5. The van der Waals surface area contributed by atoms with Gasteiger partial charge in [-0.25, -0.2) is 10.2 Å². The van der Waals surface area contributed by atoms with Crippen molar-refractivity contribution in [1.82, 2.24) is 39.8 Å². The Morgan fingerprint density at radius 1 is 0.736 bits per heavy atom. The van der Waals surface area contributed by atoms with Crippen molar-refractivity contribution in [2.24, 2.45) is 0 Å². The van der Waals surface area contributed by atoms with Crippen LogP contribution in [0.25, 0.3) is 28.1 Å². The largest absolute Gasteiger partial charge is 0.496 e. The molecule has 3 aromatic carbocycles. The number of methoxy groups -OCH3 is 1. The number of rotatable bonds is 16. The molecule has 5 N–H and O–H groups in total. The number of amides is 3. The minimum atomic E-state index is -1.07. The number of carbonyl (C=O) groups is 6. The molecule has 0 aliphatic carbocycles. The minimum Gasteiger partial charge on any atom is -0.496 e. The summed E-state index contributed by atoms with van der Waals surface area (Å²) in [6.07, 6.45) is 0. The van der Waals surface area contributed by atoms with E-state index < -0.39 is 41.9 Å². The Hall–Kier alpha value is -6.37. The van der Waals surface area contributed by atoms with Gasteiger partial charge in [0.2, 0.25) is 0 Å². The van der Waals surface area contributed by atoms with Crippen LogP contribution in [0.4, 0.5) is 5.69 Å². The number of nitrogens with zero attached hydrogens (tertiary/aromatic N) is 7. The van der Waals surface area contributed by atoms with Crippen LogP contribution in [-0.2, 0) is 40.2 Å². The molecule has 0 unspecified atom stereocenters. The lowest BCUT2D eigenvalue weighted by atomic mass is 9.95. The normalized spacial score (nSPS) is 17.0. The molecule has 3 amide bonds. The first-order chi connectivity index (χ1) is 34.4. The van der Waals surface area contributed by atoms with Crippen molar-refractivity contribution in [3.05, 3.63) is 75.9 Å². The Kier molecular flexibility index (Phi) is 17.7. The van der Waals surface area contributed by atoms with Crippen LogP contribution in [0.2, 0.25) is 10.0 Å². The molecule has 4 aromatic rings. The summed E-state index contributed by atoms with van der Waals surface area (Å²) in [5, 5.41) is 36.9. The first-order valence-electron chi connectivity index (χ1n) is 23.1. The molecular formula is C48H57Cl2N9O13. The summed E-state index contributed by atoms with van der Waals surface area (Å²) in [4.78, 5) is 89.3. The number of hydroxylamine groups is 1. The van der Waals surface area contributed by atoms with Crippen molar-refractivity contribution in [3.63, 3.8) is 0 Å². The van der Waals surface area contributed by atoms with Crippen LogP contribution in [0, 0.1) is 0 Å². The number of ether oxygens (including phenoxy) is 3. The molecule has 0 bridgehead atoms. The van der Waals surface area contributed by atoms with Gasteiger partial charge in [-0.3, -0.25) is 53.2 Å². The van der Waals surface area contributed by atoms with Gasteiger partial charge in [-0.2, -0.15) is 5.10 Å². The van der Waals surface area contributed by atoms with Crippen LogP contribution in [0.1, 0.15) is 29.9 Å². The van der Waals surface area contributed by atoms with Gasteiger partial charge in [0, 0.05) is 97.4 Å². The van der Waals surface area contributed by atoms with E-state index in [4.69, 9.17) is 47.3 Å². The zero-order chi connectivity index (χ0) is 51.7. The van der Waals surface area contributed by atoms with Gasteiger partial charge in [0.1, 0.15) is 18.1 Å². The van der Waals surface area contributed by atoms with Crippen molar-refractivity contribution in [2.45, 2.75) is 26.0 Å². The van der Waals surface area contributed by atoms with Gasteiger partial charge in [-0.05, 0) is 55.8 Å². The molecule has 1 aromatic heterocycles. The van der Waals surface area contributed by atoms with E-state index in [-0.39, 0.29) is 96.7 Å². The van der Waals surface area contributed by atoms with E-state index in [9.17, 15) is 44.1 Å². The summed E-state index contributed by atoms with van der Waals surface area (Å²) in [5.41, 5.74) is 5.82. The van der Waals surface area contributed by atoms with E-state index in [1.165, 1.54) is 7.11 Å². The standard InChI is InChI=1S/C48H57Cl2N9O13/c1-48(2)29-70-16-15-58(48)47(68)45-37-27-71-39-22-38(69-3)35(21-36(39)46(37)59(52-45)34-19-31(49)18-32(50)20-34)30-5-4-6-33(17-30)51-41(61)28-72-53-40(60)23-54-7-9-55(24-42(62)63)11-13-57(26-44(66)67)14-12-56(10-8-54)25-43(64)65/h4-6,17-22H,7-16,23-29H2,1-3H3,(H,51,61)(H,53,60)(H,62,63)(H,64,65)(H,66,67). The SMILES string of the molecule is COc1cc2c(cc1-c1cccc(NC(=O)CONC(=O)CN3CCN(CC(=O)O)CCN(CC(=O)O)CCN(CC(=O)O)CC3)c1)-c1c(c(C(=O)N3CCOCC3(C)C)nn1-c1cc(Cl)cc(Cl)c1)CO2. The Morgan fingerprint density at radius 3 is 1.88 bits per heavy atom. The summed E-state index contributed by atoms with van der Waals surface area (Å²) in [5.74, 6) is -3.75. The summed E-state index contributed by atoms with van der Waals surface area (Å²) in [6.45, 7) is 5.10. The van der Waals surface area contributed by atoms with Crippen molar-refractivity contribution < 1.29 is 63.1 Å². The number of nitrogens with one attached hydrogen (secondary N) is 2. The Labute approximate surface area is 424 Å². The van der Waals surface area contributed by atoms with Gasteiger partial charge in [-0.15, -0.1) is 0 Å². The Bertz CT molecular complexity index is 2630. The summed E-state index contributed by atoms with van der Waals surface area (Å²) in [7, 11) is 1.52. The van der Waals surface area contributed by atoms with E-state index in [1.54, 1.807) is 71.6 Å². The number of hydrogen-bond donors (Lipinski definition) is 5. The third-order valence-electron chi connectivity index (χ3n) is 12.3. The number of morpholine rings is 1. The van der Waals surface area contributed by atoms with Crippen LogP contribution < -0.4 is 20.3 Å². The quantitative estimate of drug-likeness (QED) is 0.101. The third kappa shape index (κ3) is 13.8. The molecule has 7 rings (SSSR count). The molecule has 22 nitrogen and oxygen atoms in total. The highest BCUT2D eigenvalue weighted by Gasteiger charge is 2.39. The zero-order valence-electron chi connectivity index (χ0n) is 40.0. The maximum Gasteiger partial charge on any atom is 0.317 e. The second-order valence-corrected chi connectivity index (χ2v) is 19.0. The molecule has 4 heterocycles. The maximum absolute atomic E-state index is 14.4. The number of fused-ring (bicyclic) bond motifs is 3. The fourth-order valence-electron chi connectivity index (χ4n) is 8.82. The second kappa shape index (κ2) is 23.9. The van der Waals surface area contributed by atoms with Gasteiger partial charge in [0.25, 0.3) is 17.7 Å². The molecule has 386 valence electrons. The fourth-order valence-corrected chi connectivity index (χ4v) is 9.34. The number of hydrogen-bond acceptors (Lipinski definition) is 15. The minimum absolute atomic E-state index is 0.0335. The highest BCUT2D eigenvalue weighted by molar-refractivity contribution is 6.34. The Morgan fingerprint density at radius 2 is 1.32 bits per heavy atom. The topological polar surface area (TPSA) is 258 Å². The smallest absolute Gasteiger partial charge is 0.317 e. The lowest BCUT2D eigenvalue weighted by Gasteiger charge is -2.41. The second-order valence-electron chi connectivity index (χ2n) is 18.1. The number of anilines is 1. The van der Waals surface area contributed by atoms with E-state index in [0.717, 1.165) is 0 Å². The molecule has 0 spiro atoms. The molecule has 24 heteroatoms. The van der Waals surface area contributed by atoms with Crippen LogP contribution in [0.5, 0.6) is 11.5 Å². The van der Waals surface area contributed by atoms with Gasteiger partial charge in [0.05, 0.1) is 63.4 Å². The predicted octanol–water partition coefficient (Wildman–Crippen LogP) is 3.13.